The number of aromatic nitrogens is 2. The summed E-state index contributed by atoms with van der Waals surface area (Å²) in [6, 6.07) is 13.3. The van der Waals surface area contributed by atoms with Crippen molar-refractivity contribution in [2.24, 2.45) is 0 Å². The van der Waals surface area contributed by atoms with E-state index in [2.05, 4.69) is 15.1 Å². The Kier molecular flexibility index (Phi) is 7.61. The smallest absolute Gasteiger partial charge is 0.244 e. The van der Waals surface area contributed by atoms with E-state index in [1.165, 1.54) is 19.1 Å². The number of sulfonamides is 1. The Labute approximate surface area is 197 Å². The van der Waals surface area contributed by atoms with E-state index < -0.39 is 22.0 Å². The molecule has 1 amide bonds. The predicted molar refractivity (Wildman–Crippen MR) is 125 cm³/mol. The first kappa shape index (κ1) is 24.3. The average molecular weight is 495 g/mol. The Morgan fingerprint density at radius 2 is 1.69 bits per heavy atom. The Bertz CT molecular complexity index is 1210. The van der Waals surface area contributed by atoms with E-state index in [-0.39, 0.29) is 21.5 Å². The standard InChI is InChI=1S/C22H24Cl2N4O3S/c1-14-18(16(3)28(26-14)13-17-8-5-4-6-9-17)12-25-22(29)15(2)27-32(30,31)21-19(23)10-7-11-20(21)24/h4-11,15,27H,12-13H2,1-3H3,(H,25,29)/t15-/m1/s1. The maximum atomic E-state index is 12.7. The topological polar surface area (TPSA) is 93.1 Å². The minimum absolute atomic E-state index is 0.0188. The van der Waals surface area contributed by atoms with Crippen molar-refractivity contribution in [1.29, 1.82) is 0 Å². The highest BCUT2D eigenvalue weighted by molar-refractivity contribution is 7.89. The molecule has 0 aliphatic carbocycles. The Balaban J connectivity index is 1.67. The van der Waals surface area contributed by atoms with Crippen molar-refractivity contribution in [3.63, 3.8) is 0 Å². The van der Waals surface area contributed by atoms with Gasteiger partial charge in [-0.05, 0) is 38.5 Å². The lowest BCUT2D eigenvalue weighted by atomic mass is 10.2. The number of carbonyl (C=O) groups is 1. The van der Waals surface area contributed by atoms with Crippen LogP contribution in [0.15, 0.2) is 53.4 Å². The second kappa shape index (κ2) is 10.0. The molecule has 3 aromatic rings. The fourth-order valence-corrected chi connectivity index (χ4v) is 5.66. The van der Waals surface area contributed by atoms with E-state index in [4.69, 9.17) is 23.2 Å². The van der Waals surface area contributed by atoms with Crippen LogP contribution in [-0.2, 0) is 27.9 Å². The Morgan fingerprint density at radius 1 is 1.06 bits per heavy atom. The average Bonchev–Trinajstić information content (AvgIpc) is 2.98. The second-order valence-electron chi connectivity index (χ2n) is 7.40. The fourth-order valence-electron chi connectivity index (χ4n) is 3.31. The van der Waals surface area contributed by atoms with Gasteiger partial charge in [0.25, 0.3) is 0 Å². The van der Waals surface area contributed by atoms with Crippen LogP contribution < -0.4 is 10.0 Å². The number of nitrogens with one attached hydrogen (secondary N) is 2. The van der Waals surface area contributed by atoms with Gasteiger partial charge in [-0.15, -0.1) is 0 Å². The number of carbonyl (C=O) groups excluding carboxylic acids is 1. The van der Waals surface area contributed by atoms with Gasteiger partial charge in [0.2, 0.25) is 15.9 Å². The fraction of sp³-hybridized carbons (Fsp3) is 0.273. The van der Waals surface area contributed by atoms with E-state index >= 15 is 0 Å². The third-order valence-electron chi connectivity index (χ3n) is 5.06. The molecule has 1 heterocycles. The van der Waals surface area contributed by atoms with Crippen molar-refractivity contribution in [3.05, 3.63) is 81.1 Å². The largest absolute Gasteiger partial charge is 0.351 e. The number of nitrogens with zero attached hydrogens (tertiary/aromatic N) is 2. The summed E-state index contributed by atoms with van der Waals surface area (Å²) < 4.78 is 29.6. The summed E-state index contributed by atoms with van der Waals surface area (Å²) in [5.41, 5.74) is 3.74. The number of rotatable bonds is 8. The molecule has 0 saturated heterocycles. The summed E-state index contributed by atoms with van der Waals surface area (Å²) in [6.45, 7) is 6.12. The molecule has 2 N–H and O–H groups in total. The second-order valence-corrected chi connectivity index (χ2v) is 9.87. The summed E-state index contributed by atoms with van der Waals surface area (Å²) in [7, 11) is -4.09. The highest BCUT2D eigenvalue weighted by Gasteiger charge is 2.26. The van der Waals surface area contributed by atoms with Gasteiger partial charge in [-0.1, -0.05) is 59.6 Å². The lowest BCUT2D eigenvalue weighted by Crippen LogP contribution is -2.44. The molecule has 0 spiro atoms. The van der Waals surface area contributed by atoms with Crippen molar-refractivity contribution in [3.8, 4) is 0 Å². The summed E-state index contributed by atoms with van der Waals surface area (Å²) in [6.07, 6.45) is 0. The number of aryl methyl sites for hydroxylation is 1. The van der Waals surface area contributed by atoms with Crippen molar-refractivity contribution in [1.82, 2.24) is 19.8 Å². The van der Waals surface area contributed by atoms with Gasteiger partial charge in [-0.25, -0.2) is 8.42 Å². The molecular formula is C22H24Cl2N4O3S. The molecular weight excluding hydrogens is 471 g/mol. The minimum atomic E-state index is -4.09. The molecule has 0 fully saturated rings. The van der Waals surface area contributed by atoms with Crippen molar-refractivity contribution in [2.75, 3.05) is 0 Å². The number of hydrogen-bond donors (Lipinski definition) is 2. The van der Waals surface area contributed by atoms with Crippen molar-refractivity contribution >= 4 is 39.1 Å². The maximum Gasteiger partial charge on any atom is 0.244 e. The SMILES string of the molecule is Cc1nn(Cc2ccccc2)c(C)c1CNC(=O)[C@@H](C)NS(=O)(=O)c1c(Cl)cccc1Cl. The van der Waals surface area contributed by atoms with Gasteiger partial charge < -0.3 is 5.32 Å². The van der Waals surface area contributed by atoms with Gasteiger partial charge in [0.15, 0.2) is 0 Å². The number of amides is 1. The highest BCUT2D eigenvalue weighted by Crippen LogP contribution is 2.28. The maximum absolute atomic E-state index is 12.7. The predicted octanol–water partition coefficient (Wildman–Crippen LogP) is 3.84. The molecule has 0 bridgehead atoms. The molecule has 2 aromatic carbocycles. The van der Waals surface area contributed by atoms with Gasteiger partial charge in [0.05, 0.1) is 28.3 Å². The highest BCUT2D eigenvalue weighted by atomic mass is 35.5. The molecule has 0 radical (unpaired) electrons. The van der Waals surface area contributed by atoms with Crippen LogP contribution in [0.5, 0.6) is 0 Å². The summed E-state index contributed by atoms with van der Waals surface area (Å²) in [5.74, 6) is -0.480. The number of halogens is 2. The van der Waals surface area contributed by atoms with E-state index in [9.17, 15) is 13.2 Å². The van der Waals surface area contributed by atoms with Crippen LogP contribution in [0, 0.1) is 13.8 Å². The van der Waals surface area contributed by atoms with Gasteiger partial charge in [-0.3, -0.25) is 9.48 Å². The van der Waals surface area contributed by atoms with Crippen LogP contribution in [0.2, 0.25) is 10.0 Å². The van der Waals surface area contributed by atoms with E-state index in [1.54, 1.807) is 6.07 Å². The van der Waals surface area contributed by atoms with Crippen LogP contribution in [0.3, 0.4) is 0 Å². The van der Waals surface area contributed by atoms with Gasteiger partial charge in [-0.2, -0.15) is 9.82 Å². The molecule has 32 heavy (non-hydrogen) atoms. The molecule has 7 nitrogen and oxygen atoms in total. The minimum Gasteiger partial charge on any atom is -0.351 e. The van der Waals surface area contributed by atoms with E-state index in [1.807, 2.05) is 48.9 Å². The van der Waals surface area contributed by atoms with Crippen molar-refractivity contribution in [2.45, 2.75) is 44.8 Å². The lowest BCUT2D eigenvalue weighted by molar-refractivity contribution is -0.122. The van der Waals surface area contributed by atoms with Crippen LogP contribution in [-0.4, -0.2) is 30.1 Å². The molecule has 170 valence electrons. The molecule has 1 atom stereocenters. The van der Waals surface area contributed by atoms with Crippen LogP contribution in [0.4, 0.5) is 0 Å². The van der Waals surface area contributed by atoms with Gasteiger partial charge in [0.1, 0.15) is 4.90 Å². The van der Waals surface area contributed by atoms with Gasteiger partial charge >= 0.3 is 0 Å². The molecule has 1 aromatic heterocycles. The van der Waals surface area contributed by atoms with Crippen molar-refractivity contribution < 1.29 is 13.2 Å². The zero-order valence-electron chi connectivity index (χ0n) is 17.9. The van der Waals surface area contributed by atoms with E-state index in [0.717, 1.165) is 22.5 Å². The summed E-state index contributed by atoms with van der Waals surface area (Å²) in [5, 5.41) is 7.31. The quantitative estimate of drug-likeness (QED) is 0.497. The molecule has 3 rings (SSSR count). The summed E-state index contributed by atoms with van der Waals surface area (Å²) >= 11 is 12.0. The van der Waals surface area contributed by atoms with Crippen LogP contribution in [0.1, 0.15) is 29.4 Å². The normalized spacial score (nSPS) is 12.5. The Hall–Kier alpha value is -2.39. The Morgan fingerprint density at radius 3 is 2.31 bits per heavy atom. The first-order valence-corrected chi connectivity index (χ1v) is 12.1. The van der Waals surface area contributed by atoms with Crippen LogP contribution >= 0.6 is 23.2 Å². The van der Waals surface area contributed by atoms with Crippen LogP contribution in [0.25, 0.3) is 0 Å². The first-order chi connectivity index (χ1) is 15.1. The van der Waals surface area contributed by atoms with Gasteiger partial charge in [0, 0.05) is 17.8 Å². The molecule has 0 unspecified atom stereocenters. The zero-order valence-corrected chi connectivity index (χ0v) is 20.2. The third-order valence-corrected chi connectivity index (χ3v) is 7.55. The summed E-state index contributed by atoms with van der Waals surface area (Å²) in [4.78, 5) is 12.3. The molecule has 0 aliphatic rings. The molecule has 10 heteroatoms. The molecule has 0 aliphatic heterocycles. The third kappa shape index (κ3) is 5.50. The monoisotopic (exact) mass is 494 g/mol. The molecule has 0 saturated carbocycles. The van der Waals surface area contributed by atoms with E-state index in [0.29, 0.717) is 6.54 Å². The zero-order chi connectivity index (χ0) is 23.5. The number of hydrogen-bond acceptors (Lipinski definition) is 4. The lowest BCUT2D eigenvalue weighted by Gasteiger charge is -2.16. The first-order valence-electron chi connectivity index (χ1n) is 9.91. The number of benzene rings is 2.